The number of rotatable bonds is 8. The second-order valence-electron chi connectivity index (χ2n) is 5.31. The largest absolute Gasteiger partial charge is 0.497 e. The quantitative estimate of drug-likeness (QED) is 0.717. The van der Waals surface area contributed by atoms with Crippen LogP contribution in [0.4, 0.5) is 0 Å². The van der Waals surface area contributed by atoms with Gasteiger partial charge in [-0.2, -0.15) is 16.7 Å². The molecule has 0 saturated carbocycles. The molecular formula is C16H23ClN4O3S. The Hall–Kier alpha value is -1.77. The molecule has 2 atom stereocenters. The fourth-order valence-corrected chi connectivity index (χ4v) is 2.54. The van der Waals surface area contributed by atoms with Crippen LogP contribution in [0.1, 0.15) is 25.3 Å². The van der Waals surface area contributed by atoms with E-state index in [-0.39, 0.29) is 18.3 Å². The smallest absolute Gasteiger partial charge is 0.249 e. The molecule has 1 heterocycles. The van der Waals surface area contributed by atoms with Crippen LogP contribution in [0.3, 0.4) is 0 Å². The van der Waals surface area contributed by atoms with Crippen molar-refractivity contribution in [1.82, 2.24) is 15.5 Å². The third kappa shape index (κ3) is 5.91. The van der Waals surface area contributed by atoms with Gasteiger partial charge in [0.25, 0.3) is 0 Å². The van der Waals surface area contributed by atoms with Gasteiger partial charge >= 0.3 is 0 Å². The predicted octanol–water partition coefficient (Wildman–Crippen LogP) is 2.42. The predicted molar refractivity (Wildman–Crippen MR) is 101 cm³/mol. The number of nitrogens with one attached hydrogen (secondary N) is 1. The molecule has 0 aliphatic rings. The summed E-state index contributed by atoms with van der Waals surface area (Å²) in [5, 5.41) is 6.76. The molecule has 0 saturated heterocycles. The molecule has 0 spiro atoms. The second kappa shape index (κ2) is 10.3. The van der Waals surface area contributed by atoms with Gasteiger partial charge in [-0.25, -0.2) is 0 Å². The van der Waals surface area contributed by atoms with Gasteiger partial charge in [0.2, 0.25) is 17.6 Å². The highest BCUT2D eigenvalue weighted by Gasteiger charge is 2.20. The Morgan fingerprint density at radius 3 is 2.92 bits per heavy atom. The highest BCUT2D eigenvalue weighted by atomic mass is 35.5. The minimum absolute atomic E-state index is 0. The first-order chi connectivity index (χ1) is 11.5. The van der Waals surface area contributed by atoms with Gasteiger partial charge < -0.3 is 20.3 Å². The van der Waals surface area contributed by atoms with Gasteiger partial charge in [-0.3, -0.25) is 4.79 Å². The van der Waals surface area contributed by atoms with E-state index in [1.54, 1.807) is 25.8 Å². The van der Waals surface area contributed by atoms with Crippen LogP contribution in [0.25, 0.3) is 11.4 Å². The minimum atomic E-state index is -0.541. The van der Waals surface area contributed by atoms with Crippen molar-refractivity contribution in [1.29, 1.82) is 0 Å². The number of nitrogens with two attached hydrogens (primary N) is 1. The Kier molecular flexibility index (Phi) is 8.74. The van der Waals surface area contributed by atoms with Crippen LogP contribution < -0.4 is 15.8 Å². The summed E-state index contributed by atoms with van der Waals surface area (Å²) in [7, 11) is 1.60. The zero-order chi connectivity index (χ0) is 17.5. The average Bonchev–Trinajstić information content (AvgIpc) is 3.09. The Morgan fingerprint density at radius 2 is 2.24 bits per heavy atom. The molecule has 0 radical (unpaired) electrons. The molecule has 2 rings (SSSR count). The molecule has 1 aromatic carbocycles. The molecule has 2 aromatic rings. The van der Waals surface area contributed by atoms with Crippen molar-refractivity contribution < 1.29 is 14.1 Å². The highest BCUT2D eigenvalue weighted by Crippen LogP contribution is 2.22. The zero-order valence-corrected chi connectivity index (χ0v) is 16.0. The molecule has 1 amide bonds. The maximum absolute atomic E-state index is 12.0. The first kappa shape index (κ1) is 21.3. The molecule has 7 nitrogen and oxygen atoms in total. The van der Waals surface area contributed by atoms with Crippen molar-refractivity contribution in [2.75, 3.05) is 19.1 Å². The number of hydrogen-bond acceptors (Lipinski definition) is 7. The summed E-state index contributed by atoms with van der Waals surface area (Å²) < 4.78 is 10.4. The summed E-state index contributed by atoms with van der Waals surface area (Å²) in [6, 6.07) is 6.41. The number of aromatic nitrogens is 2. The Labute approximate surface area is 157 Å². The number of carbonyl (C=O) groups excluding carboxylic acids is 1. The standard InChI is InChI=1S/C16H22N4O3S.ClH/c1-10(18-15(21)13(17)7-8-24-3)16-19-14(20-23-16)11-5-4-6-12(9-11)22-2;/h4-6,9-10,13H,7-8,17H2,1-3H3,(H,18,21);1H/t10?,13-;/m0./s1. The Bertz CT molecular complexity index is 683. The lowest BCUT2D eigenvalue weighted by Gasteiger charge is -2.14. The number of thioether (sulfide) groups is 1. The van der Waals surface area contributed by atoms with Crippen molar-refractivity contribution in [2.45, 2.75) is 25.4 Å². The molecule has 0 fully saturated rings. The molecule has 0 aliphatic heterocycles. The van der Waals surface area contributed by atoms with Crippen LogP contribution in [0, 0.1) is 0 Å². The van der Waals surface area contributed by atoms with Gasteiger partial charge in [-0.15, -0.1) is 12.4 Å². The first-order valence-electron chi connectivity index (χ1n) is 7.58. The van der Waals surface area contributed by atoms with Crippen molar-refractivity contribution in [3.8, 4) is 17.1 Å². The van der Waals surface area contributed by atoms with Gasteiger partial charge in [0, 0.05) is 5.56 Å². The molecule has 25 heavy (non-hydrogen) atoms. The fourth-order valence-electron chi connectivity index (χ4n) is 2.05. The number of ether oxygens (including phenoxy) is 1. The lowest BCUT2D eigenvalue weighted by atomic mass is 10.2. The third-order valence-corrected chi connectivity index (χ3v) is 4.11. The normalized spacial score (nSPS) is 12.8. The lowest BCUT2D eigenvalue weighted by Crippen LogP contribution is -2.42. The van der Waals surface area contributed by atoms with E-state index in [4.69, 9.17) is 15.0 Å². The Morgan fingerprint density at radius 1 is 1.48 bits per heavy atom. The number of hydrogen-bond donors (Lipinski definition) is 2. The molecule has 3 N–H and O–H groups in total. The van der Waals surface area contributed by atoms with E-state index in [9.17, 15) is 4.79 Å². The monoisotopic (exact) mass is 386 g/mol. The number of nitrogens with zero attached hydrogens (tertiary/aromatic N) is 2. The van der Waals surface area contributed by atoms with Gasteiger partial charge in [-0.1, -0.05) is 17.3 Å². The van der Waals surface area contributed by atoms with E-state index in [0.717, 1.165) is 11.3 Å². The maximum Gasteiger partial charge on any atom is 0.249 e. The summed E-state index contributed by atoms with van der Waals surface area (Å²) in [6.07, 6.45) is 2.60. The zero-order valence-electron chi connectivity index (χ0n) is 14.4. The van der Waals surface area contributed by atoms with Gasteiger partial charge in [0.05, 0.1) is 13.2 Å². The highest BCUT2D eigenvalue weighted by molar-refractivity contribution is 7.98. The van der Waals surface area contributed by atoms with Crippen LogP contribution >= 0.6 is 24.2 Å². The van der Waals surface area contributed by atoms with Gasteiger partial charge in [-0.05, 0) is 37.5 Å². The van der Waals surface area contributed by atoms with E-state index in [2.05, 4.69) is 15.5 Å². The number of amides is 1. The van der Waals surface area contributed by atoms with Crippen molar-refractivity contribution in [3.05, 3.63) is 30.2 Å². The van der Waals surface area contributed by atoms with Crippen LogP contribution in [-0.2, 0) is 4.79 Å². The minimum Gasteiger partial charge on any atom is -0.497 e. The fraction of sp³-hybridized carbons (Fsp3) is 0.438. The van der Waals surface area contributed by atoms with Gasteiger partial charge in [0.1, 0.15) is 11.8 Å². The van der Waals surface area contributed by atoms with E-state index in [1.807, 2.05) is 30.5 Å². The first-order valence-corrected chi connectivity index (χ1v) is 8.97. The molecule has 0 aliphatic carbocycles. The SMILES string of the molecule is COc1cccc(-c2noc(C(C)NC(=O)[C@@H](N)CCSC)n2)c1.Cl. The third-order valence-electron chi connectivity index (χ3n) is 3.47. The van der Waals surface area contributed by atoms with E-state index < -0.39 is 12.1 Å². The van der Waals surface area contributed by atoms with E-state index >= 15 is 0 Å². The van der Waals surface area contributed by atoms with Gasteiger partial charge in [0.15, 0.2) is 0 Å². The summed E-state index contributed by atoms with van der Waals surface area (Å²) in [4.78, 5) is 16.4. The second-order valence-corrected chi connectivity index (χ2v) is 6.29. The van der Waals surface area contributed by atoms with E-state index in [0.29, 0.717) is 23.9 Å². The molecular weight excluding hydrogens is 364 g/mol. The molecule has 0 bridgehead atoms. The van der Waals surface area contributed by atoms with Crippen LogP contribution in [-0.4, -0.2) is 41.2 Å². The number of benzene rings is 1. The van der Waals surface area contributed by atoms with Crippen LogP contribution in [0.15, 0.2) is 28.8 Å². The van der Waals surface area contributed by atoms with Crippen molar-refractivity contribution in [3.63, 3.8) is 0 Å². The Balaban J connectivity index is 0.00000312. The molecule has 1 unspecified atom stereocenters. The van der Waals surface area contributed by atoms with Crippen molar-refractivity contribution >= 4 is 30.1 Å². The topological polar surface area (TPSA) is 103 Å². The molecule has 1 aromatic heterocycles. The summed E-state index contributed by atoms with van der Waals surface area (Å²) in [5.41, 5.74) is 6.63. The summed E-state index contributed by atoms with van der Waals surface area (Å²) in [5.74, 6) is 2.09. The maximum atomic E-state index is 12.0. The number of halogens is 1. The lowest BCUT2D eigenvalue weighted by molar-refractivity contribution is -0.123. The molecule has 138 valence electrons. The average molecular weight is 387 g/mol. The summed E-state index contributed by atoms with van der Waals surface area (Å²) >= 11 is 1.66. The number of methoxy groups -OCH3 is 1. The number of carbonyl (C=O) groups is 1. The summed E-state index contributed by atoms with van der Waals surface area (Å²) in [6.45, 7) is 1.78. The van der Waals surface area contributed by atoms with E-state index in [1.165, 1.54) is 0 Å². The molecule has 9 heteroatoms. The van der Waals surface area contributed by atoms with Crippen LogP contribution in [0.5, 0.6) is 5.75 Å². The van der Waals surface area contributed by atoms with Crippen LogP contribution in [0.2, 0.25) is 0 Å². The van der Waals surface area contributed by atoms with Crippen molar-refractivity contribution in [2.24, 2.45) is 5.73 Å².